The summed E-state index contributed by atoms with van der Waals surface area (Å²) in [7, 11) is 1.60. The smallest absolute Gasteiger partial charge is 0.251 e. The van der Waals surface area contributed by atoms with Crippen LogP contribution in [0.2, 0.25) is 5.02 Å². The van der Waals surface area contributed by atoms with Gasteiger partial charge in [0.15, 0.2) is 5.78 Å². The van der Waals surface area contributed by atoms with Gasteiger partial charge >= 0.3 is 0 Å². The third-order valence-corrected chi connectivity index (χ3v) is 6.17. The molecule has 0 aliphatic rings. The van der Waals surface area contributed by atoms with Gasteiger partial charge < -0.3 is 14.6 Å². The Hall–Kier alpha value is -3.64. The van der Waals surface area contributed by atoms with Crippen LogP contribution in [0.25, 0.3) is 11.0 Å². The Morgan fingerprint density at radius 2 is 1.63 bits per heavy atom. The number of para-hydroxylation sites is 2. The summed E-state index contributed by atoms with van der Waals surface area (Å²) in [6, 6.07) is 21.9. The van der Waals surface area contributed by atoms with E-state index in [2.05, 4.69) is 5.32 Å². The Labute approximate surface area is 209 Å². The number of rotatable bonds is 11. The predicted octanol–water partition coefficient (Wildman–Crippen LogP) is 5.72. The van der Waals surface area contributed by atoms with Crippen molar-refractivity contribution in [2.75, 3.05) is 13.7 Å². The molecule has 1 aromatic heterocycles. The van der Waals surface area contributed by atoms with E-state index in [-0.39, 0.29) is 18.2 Å². The summed E-state index contributed by atoms with van der Waals surface area (Å²) in [5.41, 5.74) is 3.09. The number of carbonyl (C=O) groups excluding carboxylic acids is 2. The minimum absolute atomic E-state index is 0.0207. The molecule has 1 heterocycles. The molecule has 35 heavy (non-hydrogen) atoms. The van der Waals surface area contributed by atoms with Crippen molar-refractivity contribution in [2.45, 2.75) is 32.2 Å². The van der Waals surface area contributed by atoms with Crippen molar-refractivity contribution < 1.29 is 14.3 Å². The standard InChI is InChI=1S/C28H28ClN3O3/c1-35-23-16-12-21(13-17-23)28(34)30-18-6-2-3-9-27-31-24-7-4-5-8-25(24)32(27)19-26(33)20-10-14-22(29)15-11-20/h4-5,7-8,10-17H,2-3,6,9,18-19H2,1H3,(H,30,34). The number of methoxy groups -OCH3 is 1. The Kier molecular flexibility index (Phi) is 8.16. The van der Waals surface area contributed by atoms with Crippen LogP contribution in [0.1, 0.15) is 45.8 Å². The normalized spacial score (nSPS) is 10.9. The lowest BCUT2D eigenvalue weighted by Gasteiger charge is -2.09. The number of halogens is 1. The van der Waals surface area contributed by atoms with E-state index in [4.69, 9.17) is 21.3 Å². The number of ether oxygens (including phenoxy) is 1. The number of hydrogen-bond donors (Lipinski definition) is 1. The van der Waals surface area contributed by atoms with E-state index < -0.39 is 0 Å². The number of nitrogens with zero attached hydrogens (tertiary/aromatic N) is 2. The number of carbonyl (C=O) groups is 2. The van der Waals surface area contributed by atoms with E-state index in [1.54, 1.807) is 55.6 Å². The molecule has 180 valence electrons. The molecular weight excluding hydrogens is 462 g/mol. The number of hydrogen-bond acceptors (Lipinski definition) is 4. The van der Waals surface area contributed by atoms with Gasteiger partial charge in [-0.3, -0.25) is 9.59 Å². The van der Waals surface area contributed by atoms with Crippen molar-refractivity contribution in [3.8, 4) is 5.75 Å². The molecule has 7 heteroatoms. The molecule has 0 radical (unpaired) electrons. The van der Waals surface area contributed by atoms with Gasteiger partial charge in [0.2, 0.25) is 0 Å². The van der Waals surface area contributed by atoms with Gasteiger partial charge in [-0.15, -0.1) is 0 Å². The number of benzene rings is 3. The molecule has 0 unspecified atom stereocenters. The molecule has 4 rings (SSSR count). The summed E-state index contributed by atoms with van der Waals surface area (Å²) < 4.78 is 7.14. The number of ketones is 1. The first-order valence-electron chi connectivity index (χ1n) is 11.7. The van der Waals surface area contributed by atoms with Crippen LogP contribution >= 0.6 is 11.6 Å². The van der Waals surface area contributed by atoms with E-state index in [0.717, 1.165) is 48.3 Å². The maximum atomic E-state index is 12.9. The van der Waals surface area contributed by atoms with Gasteiger partial charge in [0.1, 0.15) is 11.6 Å². The predicted molar refractivity (Wildman–Crippen MR) is 138 cm³/mol. The van der Waals surface area contributed by atoms with E-state index >= 15 is 0 Å². The molecular formula is C28H28ClN3O3. The summed E-state index contributed by atoms with van der Waals surface area (Å²) in [5, 5.41) is 3.57. The molecule has 6 nitrogen and oxygen atoms in total. The molecule has 0 saturated heterocycles. The molecule has 0 spiro atoms. The van der Waals surface area contributed by atoms with Gasteiger partial charge in [-0.2, -0.15) is 0 Å². The summed E-state index contributed by atoms with van der Waals surface area (Å²) in [6.45, 7) is 0.839. The van der Waals surface area contributed by atoms with Crippen LogP contribution in [0.5, 0.6) is 5.75 Å². The lowest BCUT2D eigenvalue weighted by Crippen LogP contribution is -2.24. The second kappa shape index (κ2) is 11.7. The molecule has 0 atom stereocenters. The third-order valence-electron chi connectivity index (χ3n) is 5.92. The van der Waals surface area contributed by atoms with Crippen molar-refractivity contribution in [1.82, 2.24) is 14.9 Å². The van der Waals surface area contributed by atoms with Crippen molar-refractivity contribution in [1.29, 1.82) is 0 Å². The van der Waals surface area contributed by atoms with E-state index in [1.165, 1.54) is 0 Å². The van der Waals surface area contributed by atoms with Crippen molar-refractivity contribution in [3.63, 3.8) is 0 Å². The number of nitrogens with one attached hydrogen (secondary N) is 1. The number of aryl methyl sites for hydroxylation is 1. The first kappa shape index (κ1) is 24.5. The average molecular weight is 490 g/mol. The van der Waals surface area contributed by atoms with Crippen molar-refractivity contribution in [2.24, 2.45) is 0 Å². The second-order valence-corrected chi connectivity index (χ2v) is 8.76. The molecule has 0 saturated carbocycles. The Bertz CT molecular complexity index is 1300. The minimum Gasteiger partial charge on any atom is -0.497 e. The molecule has 1 amide bonds. The van der Waals surface area contributed by atoms with Crippen LogP contribution in [0, 0.1) is 0 Å². The number of Topliss-reactive ketones (excluding diaryl/α,β-unsaturated/α-hetero) is 1. The summed E-state index contributed by atoms with van der Waals surface area (Å²) in [4.78, 5) is 30.0. The lowest BCUT2D eigenvalue weighted by atomic mass is 10.1. The van der Waals surface area contributed by atoms with Crippen LogP contribution < -0.4 is 10.1 Å². The zero-order chi connectivity index (χ0) is 24.6. The zero-order valence-electron chi connectivity index (χ0n) is 19.7. The van der Waals surface area contributed by atoms with E-state index in [1.807, 2.05) is 28.8 Å². The first-order chi connectivity index (χ1) is 17.0. The van der Waals surface area contributed by atoms with Gasteiger partial charge in [-0.25, -0.2) is 4.98 Å². The summed E-state index contributed by atoms with van der Waals surface area (Å²) in [6.07, 6.45) is 3.48. The quantitative estimate of drug-likeness (QED) is 0.216. The summed E-state index contributed by atoms with van der Waals surface area (Å²) >= 11 is 5.96. The van der Waals surface area contributed by atoms with Crippen LogP contribution in [0.15, 0.2) is 72.8 Å². The number of imidazole rings is 1. The van der Waals surface area contributed by atoms with Crippen LogP contribution in [-0.2, 0) is 13.0 Å². The number of amides is 1. The highest BCUT2D eigenvalue weighted by Gasteiger charge is 2.15. The van der Waals surface area contributed by atoms with Crippen LogP contribution in [0.3, 0.4) is 0 Å². The fourth-order valence-electron chi connectivity index (χ4n) is 3.99. The van der Waals surface area contributed by atoms with E-state index in [0.29, 0.717) is 22.7 Å². The fourth-order valence-corrected chi connectivity index (χ4v) is 4.12. The number of fused-ring (bicyclic) bond motifs is 1. The molecule has 0 aliphatic heterocycles. The monoisotopic (exact) mass is 489 g/mol. The van der Waals surface area contributed by atoms with Gasteiger partial charge in [-0.05, 0) is 73.5 Å². The van der Waals surface area contributed by atoms with Crippen LogP contribution in [0.4, 0.5) is 0 Å². The maximum absolute atomic E-state index is 12.9. The minimum atomic E-state index is -0.0878. The lowest BCUT2D eigenvalue weighted by molar-refractivity contribution is 0.0950. The molecule has 0 aliphatic carbocycles. The maximum Gasteiger partial charge on any atom is 0.251 e. The topological polar surface area (TPSA) is 73.2 Å². The highest BCUT2D eigenvalue weighted by molar-refractivity contribution is 6.30. The van der Waals surface area contributed by atoms with E-state index in [9.17, 15) is 9.59 Å². The van der Waals surface area contributed by atoms with Gasteiger partial charge in [-0.1, -0.05) is 30.2 Å². The molecule has 4 aromatic rings. The van der Waals surface area contributed by atoms with Gasteiger partial charge in [0, 0.05) is 29.1 Å². The highest BCUT2D eigenvalue weighted by atomic mass is 35.5. The van der Waals surface area contributed by atoms with Crippen molar-refractivity contribution >= 4 is 34.3 Å². The number of aromatic nitrogens is 2. The Morgan fingerprint density at radius 1 is 0.914 bits per heavy atom. The molecule has 0 fully saturated rings. The van der Waals surface area contributed by atoms with Gasteiger partial charge in [0.25, 0.3) is 5.91 Å². The SMILES string of the molecule is COc1ccc(C(=O)NCCCCCc2nc3ccccc3n2CC(=O)c2ccc(Cl)cc2)cc1. The molecule has 0 bridgehead atoms. The number of unbranched alkanes of at least 4 members (excludes halogenated alkanes) is 2. The summed E-state index contributed by atoms with van der Waals surface area (Å²) in [5.74, 6) is 1.56. The zero-order valence-corrected chi connectivity index (χ0v) is 20.4. The second-order valence-electron chi connectivity index (χ2n) is 8.33. The Balaban J connectivity index is 1.31. The molecule has 3 aromatic carbocycles. The average Bonchev–Trinajstić information content (AvgIpc) is 3.23. The highest BCUT2D eigenvalue weighted by Crippen LogP contribution is 2.19. The Morgan fingerprint density at radius 3 is 2.37 bits per heavy atom. The first-order valence-corrected chi connectivity index (χ1v) is 12.1. The van der Waals surface area contributed by atoms with Gasteiger partial charge in [0.05, 0.1) is 24.7 Å². The fraction of sp³-hybridized carbons (Fsp3) is 0.250. The van der Waals surface area contributed by atoms with Crippen molar-refractivity contribution in [3.05, 3.63) is 94.8 Å². The molecule has 1 N–H and O–H groups in total. The third kappa shape index (κ3) is 6.28. The van der Waals surface area contributed by atoms with Crippen LogP contribution in [-0.4, -0.2) is 34.9 Å². The largest absolute Gasteiger partial charge is 0.497 e.